The van der Waals surface area contributed by atoms with Gasteiger partial charge in [0.15, 0.2) is 0 Å². The van der Waals surface area contributed by atoms with E-state index in [1.807, 2.05) is 60.4 Å². The third kappa shape index (κ3) is 4.79. The summed E-state index contributed by atoms with van der Waals surface area (Å²) < 4.78 is 38.7. The molecular weight excluding hydrogens is 498 g/mol. The van der Waals surface area contributed by atoms with E-state index in [0.717, 1.165) is 22.6 Å². The fourth-order valence-electron chi connectivity index (χ4n) is 4.26. The number of sulfone groups is 1. The van der Waals surface area contributed by atoms with Crippen LogP contribution in [0, 0.1) is 6.92 Å². The van der Waals surface area contributed by atoms with Crippen molar-refractivity contribution in [2.24, 2.45) is 0 Å². The number of anilines is 2. The van der Waals surface area contributed by atoms with Crippen LogP contribution >= 0.6 is 11.6 Å². The van der Waals surface area contributed by atoms with Crippen LogP contribution in [0.3, 0.4) is 0 Å². The molecule has 0 unspecified atom stereocenters. The van der Waals surface area contributed by atoms with Crippen LogP contribution in [-0.4, -0.2) is 46.7 Å². The molecule has 0 atom stereocenters. The van der Waals surface area contributed by atoms with Crippen LogP contribution in [0.5, 0.6) is 5.75 Å². The van der Waals surface area contributed by atoms with Gasteiger partial charge in [0, 0.05) is 42.5 Å². The second-order valence-corrected chi connectivity index (χ2v) is 10.9. The van der Waals surface area contributed by atoms with Crippen molar-refractivity contribution in [1.82, 2.24) is 4.98 Å². The van der Waals surface area contributed by atoms with Crippen LogP contribution in [0.4, 0.5) is 11.6 Å². The zero-order valence-corrected chi connectivity index (χ0v) is 21.6. The summed E-state index contributed by atoms with van der Waals surface area (Å²) in [6.07, 6.45) is 0. The van der Waals surface area contributed by atoms with Crippen molar-refractivity contribution in [3.05, 3.63) is 83.4 Å². The SMILES string of the molecule is COc1ccc(N2CCN(c3oc(-c4cccc(C)c4)nc3S(=O)(=O)c3ccc(Cl)cc3)CC2)cc1. The molecule has 0 radical (unpaired) electrons. The maximum absolute atomic E-state index is 13.7. The van der Waals surface area contributed by atoms with Gasteiger partial charge in [0.2, 0.25) is 26.6 Å². The summed E-state index contributed by atoms with van der Waals surface area (Å²) in [4.78, 5) is 8.83. The average Bonchev–Trinajstić information content (AvgIpc) is 3.36. The Hall–Kier alpha value is -3.49. The van der Waals surface area contributed by atoms with Gasteiger partial charge >= 0.3 is 0 Å². The van der Waals surface area contributed by atoms with Gasteiger partial charge in [-0.1, -0.05) is 29.3 Å². The molecule has 1 saturated heterocycles. The van der Waals surface area contributed by atoms with E-state index < -0.39 is 9.84 Å². The van der Waals surface area contributed by atoms with Gasteiger partial charge in [0.05, 0.1) is 12.0 Å². The first-order valence-electron chi connectivity index (χ1n) is 11.6. The molecule has 0 spiro atoms. The number of halogens is 1. The van der Waals surface area contributed by atoms with Gasteiger partial charge in [-0.25, -0.2) is 8.42 Å². The van der Waals surface area contributed by atoms with Crippen molar-refractivity contribution in [2.75, 3.05) is 43.1 Å². The second-order valence-electron chi connectivity index (χ2n) is 8.63. The number of oxazole rings is 1. The van der Waals surface area contributed by atoms with Gasteiger partial charge in [-0.15, -0.1) is 0 Å². The molecule has 186 valence electrons. The highest BCUT2D eigenvalue weighted by atomic mass is 35.5. The van der Waals surface area contributed by atoms with Crippen molar-refractivity contribution in [3.8, 4) is 17.2 Å². The molecule has 3 aromatic carbocycles. The van der Waals surface area contributed by atoms with Gasteiger partial charge in [-0.05, 0) is 67.6 Å². The highest BCUT2D eigenvalue weighted by molar-refractivity contribution is 7.91. The van der Waals surface area contributed by atoms with E-state index in [0.29, 0.717) is 31.2 Å². The van der Waals surface area contributed by atoms with Crippen LogP contribution in [0.25, 0.3) is 11.5 Å². The molecule has 0 bridgehead atoms. The molecule has 1 fully saturated rings. The second kappa shape index (κ2) is 9.87. The average molecular weight is 524 g/mol. The van der Waals surface area contributed by atoms with Gasteiger partial charge in [0.1, 0.15) is 5.75 Å². The van der Waals surface area contributed by atoms with E-state index in [4.69, 9.17) is 20.8 Å². The molecule has 5 rings (SSSR count). The summed E-state index contributed by atoms with van der Waals surface area (Å²) in [6, 6.07) is 21.7. The van der Waals surface area contributed by atoms with Crippen molar-refractivity contribution in [3.63, 3.8) is 0 Å². The summed E-state index contributed by atoms with van der Waals surface area (Å²) in [5.74, 6) is 1.34. The Morgan fingerprint density at radius 1 is 0.917 bits per heavy atom. The van der Waals surface area contributed by atoms with Gasteiger partial charge < -0.3 is 19.0 Å². The minimum absolute atomic E-state index is 0.0840. The minimum Gasteiger partial charge on any atom is -0.497 e. The Morgan fingerprint density at radius 3 is 2.22 bits per heavy atom. The monoisotopic (exact) mass is 523 g/mol. The molecule has 1 aliphatic rings. The van der Waals surface area contributed by atoms with Gasteiger partial charge in [0.25, 0.3) is 0 Å². The molecule has 0 amide bonds. The van der Waals surface area contributed by atoms with E-state index in [9.17, 15) is 8.42 Å². The zero-order valence-electron chi connectivity index (χ0n) is 20.0. The zero-order chi connectivity index (χ0) is 25.3. The first kappa shape index (κ1) is 24.2. The van der Waals surface area contributed by atoms with E-state index in [1.54, 1.807) is 19.2 Å². The number of piperazine rings is 1. The molecule has 36 heavy (non-hydrogen) atoms. The van der Waals surface area contributed by atoms with Crippen molar-refractivity contribution in [2.45, 2.75) is 16.8 Å². The van der Waals surface area contributed by atoms with Crippen molar-refractivity contribution in [1.29, 1.82) is 0 Å². The maximum Gasteiger partial charge on any atom is 0.236 e. The van der Waals surface area contributed by atoms with Crippen LogP contribution in [0.15, 0.2) is 87.1 Å². The summed E-state index contributed by atoms with van der Waals surface area (Å²) in [5, 5.41) is 0.378. The number of rotatable bonds is 6. The first-order chi connectivity index (χ1) is 17.3. The number of benzene rings is 3. The fourth-order valence-corrected chi connectivity index (χ4v) is 5.71. The Balaban J connectivity index is 1.48. The molecule has 9 heteroatoms. The van der Waals surface area contributed by atoms with Crippen LogP contribution in [-0.2, 0) is 9.84 Å². The molecule has 4 aromatic rings. The molecule has 2 heterocycles. The largest absolute Gasteiger partial charge is 0.497 e. The quantitative estimate of drug-likeness (QED) is 0.331. The van der Waals surface area contributed by atoms with Crippen LogP contribution < -0.4 is 14.5 Å². The normalized spacial score (nSPS) is 14.2. The number of hydrogen-bond acceptors (Lipinski definition) is 7. The molecule has 1 aliphatic heterocycles. The molecule has 7 nitrogen and oxygen atoms in total. The maximum atomic E-state index is 13.7. The molecule has 0 saturated carbocycles. The predicted molar refractivity (Wildman–Crippen MR) is 141 cm³/mol. The predicted octanol–water partition coefficient (Wildman–Crippen LogP) is 5.47. The molecule has 0 aliphatic carbocycles. The third-order valence-electron chi connectivity index (χ3n) is 6.23. The summed E-state index contributed by atoms with van der Waals surface area (Å²) in [5.41, 5.74) is 2.84. The van der Waals surface area contributed by atoms with Crippen LogP contribution in [0.1, 0.15) is 5.56 Å². The summed E-state index contributed by atoms with van der Waals surface area (Å²) >= 11 is 5.99. The van der Waals surface area contributed by atoms with E-state index in [-0.39, 0.29) is 21.7 Å². The van der Waals surface area contributed by atoms with Crippen molar-refractivity contribution >= 4 is 33.0 Å². The standard InChI is InChI=1S/C27H26ClN3O4S/c1-19-4-3-5-20(18-19)25-29-26(36(32,33)24-12-6-21(28)7-13-24)27(35-25)31-16-14-30(15-17-31)22-8-10-23(34-2)11-9-22/h3-13,18H,14-17H2,1-2H3. The molecule has 1 aromatic heterocycles. The van der Waals surface area contributed by atoms with E-state index in [2.05, 4.69) is 9.88 Å². The Morgan fingerprint density at radius 2 is 1.58 bits per heavy atom. The van der Waals surface area contributed by atoms with E-state index >= 15 is 0 Å². The Kier molecular flexibility index (Phi) is 6.64. The smallest absolute Gasteiger partial charge is 0.236 e. The van der Waals surface area contributed by atoms with Gasteiger partial charge in [-0.2, -0.15) is 4.98 Å². The topological polar surface area (TPSA) is 75.9 Å². The Bertz CT molecular complexity index is 1460. The number of aryl methyl sites for hydroxylation is 1. The summed E-state index contributed by atoms with van der Waals surface area (Å²) in [7, 11) is -2.29. The lowest BCUT2D eigenvalue weighted by atomic mass is 10.1. The molecular formula is C27H26ClN3O4S. The van der Waals surface area contributed by atoms with Crippen LogP contribution in [0.2, 0.25) is 5.02 Å². The lowest BCUT2D eigenvalue weighted by Gasteiger charge is -2.36. The van der Waals surface area contributed by atoms with E-state index in [1.165, 1.54) is 12.1 Å². The number of ether oxygens (including phenoxy) is 1. The van der Waals surface area contributed by atoms with Crippen molar-refractivity contribution < 1.29 is 17.6 Å². The number of aromatic nitrogens is 1. The first-order valence-corrected chi connectivity index (χ1v) is 13.4. The minimum atomic E-state index is -3.94. The highest BCUT2D eigenvalue weighted by Gasteiger charge is 2.33. The number of hydrogen-bond donors (Lipinski definition) is 0. The lowest BCUT2D eigenvalue weighted by Crippen LogP contribution is -2.46. The fraction of sp³-hybridized carbons (Fsp3) is 0.222. The molecule has 0 N–H and O–H groups in total. The summed E-state index contributed by atoms with van der Waals surface area (Å²) in [6.45, 7) is 4.53. The Labute approximate surface area is 215 Å². The third-order valence-corrected chi connectivity index (χ3v) is 8.15. The number of methoxy groups -OCH3 is 1. The highest BCUT2D eigenvalue weighted by Crippen LogP contribution is 2.36. The lowest BCUT2D eigenvalue weighted by molar-refractivity contribution is 0.415. The van der Waals surface area contributed by atoms with Gasteiger partial charge in [-0.3, -0.25) is 0 Å². The number of nitrogens with zero attached hydrogens (tertiary/aromatic N) is 3.